The van der Waals surface area contributed by atoms with Crippen LogP contribution in [0.25, 0.3) is 0 Å². The average molecular weight is 473 g/mol. The predicted molar refractivity (Wildman–Crippen MR) is 125 cm³/mol. The van der Waals surface area contributed by atoms with Crippen LogP contribution in [0, 0.1) is 0 Å². The molecule has 0 bridgehead atoms. The number of aryl methyl sites for hydroxylation is 1. The molecule has 0 fully saturated rings. The molecule has 9 nitrogen and oxygen atoms in total. The van der Waals surface area contributed by atoms with Crippen LogP contribution >= 0.6 is 0 Å². The Labute approximate surface area is 194 Å². The number of aromatic nitrogens is 2. The topological polar surface area (TPSA) is 103 Å². The van der Waals surface area contributed by atoms with Crippen molar-refractivity contribution in [1.82, 2.24) is 13.9 Å². The molecule has 3 rings (SSSR count). The molecule has 176 valence electrons. The van der Waals surface area contributed by atoms with E-state index in [1.165, 1.54) is 29.6 Å². The van der Waals surface area contributed by atoms with Crippen molar-refractivity contribution in [2.24, 2.45) is 7.05 Å². The van der Waals surface area contributed by atoms with Gasteiger partial charge in [-0.25, -0.2) is 13.4 Å². The van der Waals surface area contributed by atoms with E-state index in [-0.39, 0.29) is 10.6 Å². The third kappa shape index (κ3) is 5.52. The van der Waals surface area contributed by atoms with Crippen LogP contribution in [0.1, 0.15) is 30.0 Å². The number of carbonyl (C=O) groups is 1. The molecule has 0 radical (unpaired) electrons. The van der Waals surface area contributed by atoms with Crippen molar-refractivity contribution in [2.75, 3.05) is 25.5 Å². The fourth-order valence-corrected chi connectivity index (χ4v) is 4.72. The van der Waals surface area contributed by atoms with E-state index >= 15 is 0 Å². The highest BCUT2D eigenvalue weighted by Crippen LogP contribution is 2.29. The molecule has 0 spiro atoms. The molecule has 33 heavy (non-hydrogen) atoms. The number of benzene rings is 2. The van der Waals surface area contributed by atoms with E-state index in [4.69, 9.17) is 9.47 Å². The Hall–Kier alpha value is -3.37. The molecule has 0 aliphatic heterocycles. The van der Waals surface area contributed by atoms with Crippen molar-refractivity contribution in [2.45, 2.75) is 25.3 Å². The molecule has 0 saturated carbocycles. The maximum atomic E-state index is 12.9. The Kier molecular flexibility index (Phi) is 7.72. The van der Waals surface area contributed by atoms with Gasteiger partial charge in [-0.2, -0.15) is 4.31 Å². The number of amides is 1. The number of nitrogens with one attached hydrogen (secondary N) is 1. The maximum Gasteiger partial charge on any atom is 0.255 e. The Bertz CT molecular complexity index is 1200. The van der Waals surface area contributed by atoms with Gasteiger partial charge in [0.2, 0.25) is 10.0 Å². The normalized spacial score (nSPS) is 11.4. The minimum atomic E-state index is -3.68. The summed E-state index contributed by atoms with van der Waals surface area (Å²) in [6.07, 6.45) is 3.53. The number of carbonyl (C=O) groups excluding carboxylic acids is 1. The summed E-state index contributed by atoms with van der Waals surface area (Å²) in [5.74, 6) is 1.33. The van der Waals surface area contributed by atoms with E-state index in [0.29, 0.717) is 36.8 Å². The lowest BCUT2D eigenvalue weighted by atomic mass is 10.2. The van der Waals surface area contributed by atoms with Gasteiger partial charge < -0.3 is 19.4 Å². The molecule has 10 heteroatoms. The van der Waals surface area contributed by atoms with E-state index in [1.807, 2.05) is 17.8 Å². The van der Waals surface area contributed by atoms with Crippen LogP contribution in [0.3, 0.4) is 0 Å². The van der Waals surface area contributed by atoms with E-state index in [0.717, 1.165) is 5.82 Å². The number of hydrogen-bond donors (Lipinski definition) is 1. The van der Waals surface area contributed by atoms with Gasteiger partial charge in [0.05, 0.1) is 17.7 Å². The summed E-state index contributed by atoms with van der Waals surface area (Å²) in [6.45, 7) is 4.55. The second-order valence-electron chi connectivity index (χ2n) is 7.17. The number of methoxy groups -OCH3 is 1. The van der Waals surface area contributed by atoms with Gasteiger partial charge in [-0.15, -0.1) is 0 Å². The SMILES string of the molecule is CCN(CC)S(=O)(=O)c1ccc(OC)c(NC(=O)c2ccc(OCc3nccn3C)cc2)c1. The monoisotopic (exact) mass is 472 g/mol. The first-order chi connectivity index (χ1) is 15.8. The number of sulfonamides is 1. The van der Waals surface area contributed by atoms with E-state index in [2.05, 4.69) is 10.3 Å². The van der Waals surface area contributed by atoms with Crippen molar-refractivity contribution < 1.29 is 22.7 Å². The first-order valence-electron chi connectivity index (χ1n) is 10.5. The van der Waals surface area contributed by atoms with Gasteiger partial charge in [-0.05, 0) is 42.5 Å². The highest BCUT2D eigenvalue weighted by molar-refractivity contribution is 7.89. The smallest absolute Gasteiger partial charge is 0.255 e. The lowest BCUT2D eigenvalue weighted by Gasteiger charge is -2.19. The minimum absolute atomic E-state index is 0.0836. The molecule has 1 amide bonds. The molecule has 1 N–H and O–H groups in total. The summed E-state index contributed by atoms with van der Waals surface area (Å²) in [6, 6.07) is 11.1. The number of rotatable bonds is 10. The molecule has 1 heterocycles. The zero-order valence-electron chi connectivity index (χ0n) is 19.1. The van der Waals surface area contributed by atoms with Crippen LogP contribution in [0.15, 0.2) is 59.8 Å². The molecular weight excluding hydrogens is 444 g/mol. The predicted octanol–water partition coefficient (Wildman–Crippen LogP) is 3.29. The van der Waals surface area contributed by atoms with Gasteiger partial charge in [0.15, 0.2) is 0 Å². The van der Waals surface area contributed by atoms with Crippen LogP contribution in [-0.4, -0.2) is 48.4 Å². The average Bonchev–Trinajstić information content (AvgIpc) is 3.23. The van der Waals surface area contributed by atoms with Crippen molar-refractivity contribution in [3.8, 4) is 11.5 Å². The zero-order chi connectivity index (χ0) is 24.0. The Morgan fingerprint density at radius 1 is 1.12 bits per heavy atom. The lowest BCUT2D eigenvalue weighted by Crippen LogP contribution is -2.30. The summed E-state index contributed by atoms with van der Waals surface area (Å²) in [4.78, 5) is 17.1. The molecule has 0 aliphatic rings. The molecule has 1 aromatic heterocycles. The van der Waals surface area contributed by atoms with Gasteiger partial charge >= 0.3 is 0 Å². The second kappa shape index (κ2) is 10.5. The van der Waals surface area contributed by atoms with Crippen molar-refractivity contribution in [1.29, 1.82) is 0 Å². The molecule has 0 unspecified atom stereocenters. The number of hydrogen-bond acceptors (Lipinski definition) is 6. The van der Waals surface area contributed by atoms with Crippen molar-refractivity contribution in [3.63, 3.8) is 0 Å². The van der Waals surface area contributed by atoms with Crippen molar-refractivity contribution in [3.05, 3.63) is 66.2 Å². The van der Waals surface area contributed by atoms with Crippen LogP contribution in [0.5, 0.6) is 11.5 Å². The maximum absolute atomic E-state index is 12.9. The van der Waals surface area contributed by atoms with Gasteiger partial charge in [-0.1, -0.05) is 13.8 Å². The summed E-state index contributed by atoms with van der Waals surface area (Å²) in [7, 11) is -0.340. The number of nitrogens with zero attached hydrogens (tertiary/aromatic N) is 3. The summed E-state index contributed by atoms with van der Waals surface area (Å²) in [5, 5.41) is 2.75. The fraction of sp³-hybridized carbons (Fsp3) is 0.304. The Morgan fingerprint density at radius 3 is 2.39 bits per heavy atom. The van der Waals surface area contributed by atoms with Gasteiger partial charge in [0.25, 0.3) is 5.91 Å². The summed E-state index contributed by atoms with van der Waals surface area (Å²) >= 11 is 0. The van der Waals surface area contributed by atoms with Crippen LogP contribution in [0.2, 0.25) is 0 Å². The first kappa shape index (κ1) is 24.3. The molecule has 0 aliphatic carbocycles. The molecule has 0 saturated heterocycles. The minimum Gasteiger partial charge on any atom is -0.495 e. The standard InChI is InChI=1S/C23H28N4O5S/c1-5-27(6-2)33(29,30)19-11-12-21(31-4)20(15-19)25-23(28)17-7-9-18(10-8-17)32-16-22-24-13-14-26(22)3/h7-15H,5-6,16H2,1-4H3,(H,25,28). The zero-order valence-corrected chi connectivity index (χ0v) is 19.9. The Balaban J connectivity index is 1.75. The van der Waals surface area contributed by atoms with Gasteiger partial charge in [0.1, 0.15) is 23.9 Å². The summed E-state index contributed by atoms with van der Waals surface area (Å²) < 4.78 is 40.0. The third-order valence-electron chi connectivity index (χ3n) is 5.17. The number of imidazole rings is 1. The van der Waals surface area contributed by atoms with E-state index in [9.17, 15) is 13.2 Å². The van der Waals surface area contributed by atoms with Crippen LogP contribution < -0.4 is 14.8 Å². The van der Waals surface area contributed by atoms with Crippen LogP contribution in [-0.2, 0) is 23.7 Å². The Morgan fingerprint density at radius 2 is 1.82 bits per heavy atom. The molecular formula is C23H28N4O5S. The lowest BCUT2D eigenvalue weighted by molar-refractivity contribution is 0.102. The van der Waals surface area contributed by atoms with Gasteiger partial charge in [-0.3, -0.25) is 4.79 Å². The van der Waals surface area contributed by atoms with E-state index in [1.54, 1.807) is 44.3 Å². The number of anilines is 1. The second-order valence-corrected chi connectivity index (χ2v) is 9.11. The first-order valence-corrected chi connectivity index (χ1v) is 11.9. The number of ether oxygens (including phenoxy) is 2. The summed E-state index contributed by atoms with van der Waals surface area (Å²) in [5.41, 5.74) is 0.657. The highest BCUT2D eigenvalue weighted by atomic mass is 32.2. The molecule has 0 atom stereocenters. The quantitative estimate of drug-likeness (QED) is 0.486. The van der Waals surface area contributed by atoms with Gasteiger partial charge in [0, 0.05) is 38.1 Å². The third-order valence-corrected chi connectivity index (χ3v) is 7.21. The largest absolute Gasteiger partial charge is 0.495 e. The fourth-order valence-electron chi connectivity index (χ4n) is 3.24. The van der Waals surface area contributed by atoms with E-state index < -0.39 is 15.9 Å². The molecule has 2 aromatic carbocycles. The van der Waals surface area contributed by atoms with Crippen LogP contribution in [0.4, 0.5) is 5.69 Å². The van der Waals surface area contributed by atoms with Crippen molar-refractivity contribution >= 4 is 21.6 Å². The molecule has 3 aromatic rings. The highest BCUT2D eigenvalue weighted by Gasteiger charge is 2.23.